The topological polar surface area (TPSA) is 89.9 Å². The van der Waals surface area contributed by atoms with Gasteiger partial charge in [0.15, 0.2) is 11.5 Å². The highest BCUT2D eigenvalue weighted by Crippen LogP contribution is 2.43. The summed E-state index contributed by atoms with van der Waals surface area (Å²) in [4.78, 5) is 16.7. The fourth-order valence-electron chi connectivity index (χ4n) is 4.01. The molecule has 30 heavy (non-hydrogen) atoms. The molecule has 0 unspecified atom stereocenters. The minimum Gasteiger partial charge on any atom is -0.493 e. The third-order valence-electron chi connectivity index (χ3n) is 5.26. The fraction of sp³-hybridized carbons (Fsp3) is 0.478. The molecule has 3 rings (SSSR count). The monoisotopic (exact) mass is 414 g/mol. The molecule has 1 aliphatic rings. The number of amides is 1. The molecule has 1 amide bonds. The van der Waals surface area contributed by atoms with Gasteiger partial charge < -0.3 is 24.6 Å². The van der Waals surface area contributed by atoms with Gasteiger partial charge in [-0.05, 0) is 74.1 Å². The lowest BCUT2D eigenvalue weighted by Gasteiger charge is -2.36. The Hall–Kier alpha value is -2.80. The Balaban J connectivity index is 2.08. The lowest BCUT2D eigenvalue weighted by molar-refractivity contribution is 0.0495. The number of pyridine rings is 1. The molecule has 0 fully saturated rings. The van der Waals surface area contributed by atoms with Crippen molar-refractivity contribution in [3.63, 3.8) is 0 Å². The van der Waals surface area contributed by atoms with E-state index in [4.69, 9.17) is 14.2 Å². The van der Waals surface area contributed by atoms with E-state index in [0.717, 1.165) is 35.1 Å². The number of fused-ring (bicyclic) bond motifs is 1. The number of benzene rings is 1. The van der Waals surface area contributed by atoms with Crippen molar-refractivity contribution in [3.05, 3.63) is 52.8 Å². The normalized spacial score (nSPS) is 18.3. The number of nitrogens with zero attached hydrogens (tertiary/aromatic N) is 1. The zero-order valence-corrected chi connectivity index (χ0v) is 18.2. The average Bonchev–Trinajstić information content (AvgIpc) is 2.71. The van der Waals surface area contributed by atoms with Gasteiger partial charge in [0, 0.05) is 24.4 Å². The number of aliphatic hydroxyl groups is 1. The second kappa shape index (κ2) is 8.92. The Bertz CT molecular complexity index is 907. The Labute approximate surface area is 177 Å². The summed E-state index contributed by atoms with van der Waals surface area (Å²) >= 11 is 0. The first-order valence-electron chi connectivity index (χ1n) is 10.0. The van der Waals surface area contributed by atoms with Crippen molar-refractivity contribution in [3.8, 4) is 11.5 Å². The predicted molar refractivity (Wildman–Crippen MR) is 113 cm³/mol. The van der Waals surface area contributed by atoms with Gasteiger partial charge in [0.1, 0.15) is 5.60 Å². The molecule has 0 saturated carbocycles. The number of nitrogens with one attached hydrogen (secondary N) is 1. The minimum absolute atomic E-state index is 0.137. The maximum absolute atomic E-state index is 12.6. The smallest absolute Gasteiger partial charge is 0.407 e. The van der Waals surface area contributed by atoms with Crippen LogP contribution in [0.2, 0.25) is 0 Å². The van der Waals surface area contributed by atoms with E-state index in [1.807, 2.05) is 39.0 Å². The van der Waals surface area contributed by atoms with Crippen LogP contribution in [0.1, 0.15) is 55.4 Å². The molecular weight excluding hydrogens is 384 g/mol. The number of methoxy groups -OCH3 is 2. The van der Waals surface area contributed by atoms with Gasteiger partial charge in [-0.3, -0.25) is 4.98 Å². The summed E-state index contributed by atoms with van der Waals surface area (Å²) in [5, 5.41) is 13.0. The van der Waals surface area contributed by atoms with E-state index in [1.165, 1.54) is 0 Å². The molecule has 1 aromatic heterocycles. The highest BCUT2D eigenvalue weighted by molar-refractivity contribution is 5.69. The first-order chi connectivity index (χ1) is 14.3. The minimum atomic E-state index is -0.588. The van der Waals surface area contributed by atoms with Crippen molar-refractivity contribution in [1.82, 2.24) is 10.3 Å². The molecule has 7 heteroatoms. The molecule has 7 nitrogen and oxygen atoms in total. The molecule has 2 N–H and O–H groups in total. The number of aliphatic hydroxyl groups excluding tert-OH is 1. The molecule has 0 bridgehead atoms. The highest BCUT2D eigenvalue weighted by Gasteiger charge is 2.35. The van der Waals surface area contributed by atoms with E-state index in [2.05, 4.69) is 10.3 Å². The van der Waals surface area contributed by atoms with Gasteiger partial charge >= 0.3 is 6.09 Å². The van der Waals surface area contributed by atoms with Crippen molar-refractivity contribution in [2.24, 2.45) is 0 Å². The van der Waals surface area contributed by atoms with Crippen molar-refractivity contribution in [2.45, 2.75) is 57.8 Å². The van der Waals surface area contributed by atoms with E-state index in [-0.39, 0.29) is 18.6 Å². The quantitative estimate of drug-likeness (QED) is 0.778. The Morgan fingerprint density at radius 3 is 2.53 bits per heavy atom. The molecular formula is C23H30N2O5. The van der Waals surface area contributed by atoms with Gasteiger partial charge in [-0.25, -0.2) is 4.79 Å². The Morgan fingerprint density at radius 1 is 1.20 bits per heavy atom. The van der Waals surface area contributed by atoms with E-state index in [1.54, 1.807) is 26.6 Å². The molecule has 2 aromatic rings. The van der Waals surface area contributed by atoms with Crippen LogP contribution in [0.25, 0.3) is 0 Å². The number of rotatable bonds is 5. The van der Waals surface area contributed by atoms with Crippen LogP contribution in [-0.2, 0) is 17.8 Å². The summed E-state index contributed by atoms with van der Waals surface area (Å²) in [5.74, 6) is 1.11. The molecule has 0 radical (unpaired) electrons. The molecule has 0 aliphatic heterocycles. The summed E-state index contributed by atoms with van der Waals surface area (Å²) < 4.78 is 16.5. The zero-order valence-electron chi connectivity index (χ0n) is 18.2. The van der Waals surface area contributed by atoms with Crippen LogP contribution in [-0.4, -0.2) is 42.0 Å². The van der Waals surface area contributed by atoms with Crippen molar-refractivity contribution in [1.29, 1.82) is 0 Å². The highest BCUT2D eigenvalue weighted by atomic mass is 16.6. The summed E-state index contributed by atoms with van der Waals surface area (Å²) in [7, 11) is 3.22. The molecule has 2 atom stereocenters. The van der Waals surface area contributed by atoms with Gasteiger partial charge in [-0.15, -0.1) is 0 Å². The SMILES string of the molecule is COc1cc2c(cc1OC)[C@H](c1ccncc1CO)[C@@H](NC(=O)OC(C)(C)C)CC2. The molecule has 162 valence electrons. The zero-order chi connectivity index (χ0) is 21.9. The predicted octanol–water partition coefficient (Wildman–Crippen LogP) is 3.56. The number of hydrogen-bond donors (Lipinski definition) is 2. The van der Waals surface area contributed by atoms with E-state index in [9.17, 15) is 9.90 Å². The first kappa shape index (κ1) is 21.9. The summed E-state index contributed by atoms with van der Waals surface area (Å²) in [5.41, 5.74) is 3.21. The first-order valence-corrected chi connectivity index (χ1v) is 10.0. The Morgan fingerprint density at radius 2 is 1.90 bits per heavy atom. The largest absolute Gasteiger partial charge is 0.493 e. The van der Waals surface area contributed by atoms with Crippen molar-refractivity contribution >= 4 is 6.09 Å². The number of aromatic nitrogens is 1. The number of carbonyl (C=O) groups excluding carboxylic acids is 1. The lowest BCUT2D eigenvalue weighted by atomic mass is 9.74. The van der Waals surface area contributed by atoms with Gasteiger partial charge in [-0.2, -0.15) is 0 Å². The van der Waals surface area contributed by atoms with Crippen LogP contribution < -0.4 is 14.8 Å². The number of carbonyl (C=O) groups is 1. The van der Waals surface area contributed by atoms with Crippen LogP contribution >= 0.6 is 0 Å². The van der Waals surface area contributed by atoms with E-state index < -0.39 is 11.7 Å². The number of ether oxygens (including phenoxy) is 3. The fourth-order valence-corrected chi connectivity index (χ4v) is 4.01. The third kappa shape index (κ3) is 4.67. The Kier molecular flexibility index (Phi) is 6.51. The maximum atomic E-state index is 12.6. The van der Waals surface area contributed by atoms with Crippen molar-refractivity contribution in [2.75, 3.05) is 14.2 Å². The molecule has 0 saturated heterocycles. The van der Waals surface area contributed by atoms with Gasteiger partial charge in [-0.1, -0.05) is 0 Å². The molecule has 0 spiro atoms. The lowest BCUT2D eigenvalue weighted by Crippen LogP contribution is -2.44. The second-order valence-electron chi connectivity index (χ2n) is 8.41. The third-order valence-corrected chi connectivity index (χ3v) is 5.26. The average molecular weight is 415 g/mol. The summed E-state index contributed by atoms with van der Waals surface area (Å²) in [6, 6.07) is 5.64. The second-order valence-corrected chi connectivity index (χ2v) is 8.41. The van der Waals surface area contributed by atoms with Crippen molar-refractivity contribution < 1.29 is 24.1 Å². The summed E-state index contributed by atoms with van der Waals surface area (Å²) in [6.45, 7) is 5.37. The van der Waals surface area contributed by atoms with Crippen LogP contribution in [0.3, 0.4) is 0 Å². The number of hydrogen-bond acceptors (Lipinski definition) is 6. The van der Waals surface area contributed by atoms with Crippen LogP contribution in [0, 0.1) is 0 Å². The van der Waals surface area contributed by atoms with E-state index in [0.29, 0.717) is 11.5 Å². The van der Waals surface area contributed by atoms with Crippen LogP contribution in [0.5, 0.6) is 11.5 Å². The van der Waals surface area contributed by atoms with Crippen LogP contribution in [0.4, 0.5) is 4.79 Å². The molecule has 1 aliphatic carbocycles. The van der Waals surface area contributed by atoms with Gasteiger partial charge in [0.2, 0.25) is 0 Å². The van der Waals surface area contributed by atoms with E-state index >= 15 is 0 Å². The van der Waals surface area contributed by atoms with Crippen LogP contribution in [0.15, 0.2) is 30.6 Å². The standard InChI is InChI=1S/C23H30N2O5/c1-23(2,3)30-22(27)25-18-7-6-14-10-19(28-4)20(29-5)11-17(14)21(18)16-8-9-24-12-15(16)13-26/h8-12,18,21,26H,6-7,13H2,1-5H3,(H,25,27)/t18-,21-/m0/s1. The maximum Gasteiger partial charge on any atom is 0.407 e. The van der Waals surface area contributed by atoms with Gasteiger partial charge in [0.25, 0.3) is 0 Å². The summed E-state index contributed by atoms with van der Waals surface area (Å²) in [6.07, 6.45) is 4.40. The van der Waals surface area contributed by atoms with Gasteiger partial charge in [0.05, 0.1) is 20.8 Å². The number of alkyl carbamates (subject to hydrolysis) is 1. The molecule has 1 heterocycles. The molecule has 1 aromatic carbocycles. The number of aryl methyl sites for hydroxylation is 1.